The average Bonchev–Trinajstić information content (AvgIpc) is 2.15. The Bertz CT molecular complexity index is 220. The number of alkyl halides is 2. The maximum atomic E-state index is 5.44. The first kappa shape index (κ1) is 10.6. The fraction of sp³-hybridized carbons (Fsp3) is 0.333. The van der Waals surface area contributed by atoms with Gasteiger partial charge in [-0.1, -0.05) is 57.3 Å². The van der Waals surface area contributed by atoms with Gasteiger partial charge in [-0.2, -0.15) is 0 Å². The van der Waals surface area contributed by atoms with Crippen molar-refractivity contribution in [2.75, 3.05) is 11.0 Å². The Balaban J connectivity index is 2.53. The molecule has 0 aliphatic carbocycles. The van der Waals surface area contributed by atoms with Gasteiger partial charge < -0.3 is 4.74 Å². The first-order valence-corrected chi connectivity index (χ1v) is 6.75. The molecule has 0 fully saturated rings. The summed E-state index contributed by atoms with van der Waals surface area (Å²) in [5.41, 5.74) is 1.34. The molecule has 0 aromatic heterocycles. The molecule has 0 aliphatic heterocycles. The Morgan fingerprint density at radius 1 is 1.08 bits per heavy atom. The molecule has 3 heteroatoms. The van der Waals surface area contributed by atoms with Gasteiger partial charge in [-0.05, 0) is 17.7 Å². The number of rotatable bonds is 4. The van der Waals surface area contributed by atoms with Crippen molar-refractivity contribution in [3.05, 3.63) is 29.8 Å². The van der Waals surface area contributed by atoms with Gasteiger partial charge in [0.2, 0.25) is 0 Å². The first-order chi connectivity index (χ1) is 5.86. The van der Waals surface area contributed by atoms with Gasteiger partial charge in [0.05, 0.1) is 6.61 Å². The van der Waals surface area contributed by atoms with E-state index in [1.807, 2.05) is 12.1 Å². The Morgan fingerprint density at radius 3 is 2.25 bits per heavy atom. The summed E-state index contributed by atoms with van der Waals surface area (Å²) in [4.78, 5) is 0. The standard InChI is InChI=1S/C9H10I2O/c10-5-6-12-9-3-1-8(7-11)2-4-9/h1-4H,5-7H2. The third-order valence-corrected chi connectivity index (χ3v) is 2.74. The minimum absolute atomic E-state index is 0.796. The highest BCUT2D eigenvalue weighted by Crippen LogP contribution is 2.14. The summed E-state index contributed by atoms with van der Waals surface area (Å²) in [5.74, 6) is 0.972. The van der Waals surface area contributed by atoms with Crippen LogP contribution in [0.25, 0.3) is 0 Å². The molecule has 0 unspecified atom stereocenters. The quantitative estimate of drug-likeness (QED) is 0.568. The van der Waals surface area contributed by atoms with E-state index < -0.39 is 0 Å². The molecule has 0 saturated heterocycles. The highest BCUT2D eigenvalue weighted by molar-refractivity contribution is 14.1. The second-order valence-electron chi connectivity index (χ2n) is 2.32. The molecule has 0 spiro atoms. The number of hydrogen-bond acceptors (Lipinski definition) is 1. The normalized spacial score (nSPS) is 9.83. The lowest BCUT2D eigenvalue weighted by Gasteiger charge is -2.03. The van der Waals surface area contributed by atoms with E-state index in [1.54, 1.807) is 0 Å². The zero-order valence-electron chi connectivity index (χ0n) is 6.59. The summed E-state index contributed by atoms with van der Waals surface area (Å²) in [6, 6.07) is 8.27. The van der Waals surface area contributed by atoms with Crippen molar-refractivity contribution in [1.29, 1.82) is 0 Å². The number of hydrogen-bond donors (Lipinski definition) is 0. The topological polar surface area (TPSA) is 9.23 Å². The van der Waals surface area contributed by atoms with E-state index in [4.69, 9.17) is 4.74 Å². The molecule has 0 N–H and O–H groups in total. The zero-order chi connectivity index (χ0) is 8.81. The largest absolute Gasteiger partial charge is 0.493 e. The van der Waals surface area contributed by atoms with Crippen LogP contribution < -0.4 is 4.74 Å². The van der Waals surface area contributed by atoms with Crippen molar-refractivity contribution in [2.24, 2.45) is 0 Å². The lowest BCUT2D eigenvalue weighted by molar-refractivity contribution is 0.346. The van der Waals surface area contributed by atoms with Crippen LogP contribution in [-0.2, 0) is 4.43 Å². The highest BCUT2D eigenvalue weighted by Gasteiger charge is 1.92. The van der Waals surface area contributed by atoms with Crippen LogP contribution in [0.1, 0.15) is 5.56 Å². The maximum absolute atomic E-state index is 5.44. The predicted octanol–water partition coefficient (Wildman–Crippen LogP) is 3.44. The molecule has 0 saturated carbocycles. The maximum Gasteiger partial charge on any atom is 0.119 e. The zero-order valence-corrected chi connectivity index (χ0v) is 10.9. The van der Waals surface area contributed by atoms with E-state index in [-0.39, 0.29) is 0 Å². The molecule has 1 nitrogen and oxygen atoms in total. The van der Waals surface area contributed by atoms with Crippen LogP contribution in [0.5, 0.6) is 5.75 Å². The summed E-state index contributed by atoms with van der Waals surface area (Å²) in [5, 5.41) is 0. The van der Waals surface area contributed by atoms with Crippen LogP contribution in [-0.4, -0.2) is 11.0 Å². The molecule has 66 valence electrons. The molecule has 0 atom stereocenters. The van der Waals surface area contributed by atoms with Crippen LogP contribution >= 0.6 is 45.2 Å². The molecule has 0 bridgehead atoms. The Labute approximate surface area is 100 Å². The van der Waals surface area contributed by atoms with Gasteiger partial charge in [-0.15, -0.1) is 0 Å². The van der Waals surface area contributed by atoms with Crippen molar-refractivity contribution in [2.45, 2.75) is 4.43 Å². The van der Waals surface area contributed by atoms with Crippen LogP contribution in [0.15, 0.2) is 24.3 Å². The summed E-state index contributed by atoms with van der Waals surface area (Å²) in [7, 11) is 0. The van der Waals surface area contributed by atoms with Gasteiger partial charge in [-0.25, -0.2) is 0 Å². The molecular weight excluding hydrogens is 378 g/mol. The average molecular weight is 388 g/mol. The van der Waals surface area contributed by atoms with Crippen LogP contribution in [0.2, 0.25) is 0 Å². The van der Waals surface area contributed by atoms with Crippen LogP contribution in [0.4, 0.5) is 0 Å². The van der Waals surface area contributed by atoms with Crippen LogP contribution in [0, 0.1) is 0 Å². The molecule has 0 aliphatic rings. The lowest BCUT2D eigenvalue weighted by atomic mass is 10.2. The number of ether oxygens (including phenoxy) is 1. The fourth-order valence-corrected chi connectivity index (χ4v) is 1.56. The monoisotopic (exact) mass is 388 g/mol. The molecule has 1 aromatic carbocycles. The van der Waals surface area contributed by atoms with Gasteiger partial charge in [0.25, 0.3) is 0 Å². The third kappa shape index (κ3) is 3.47. The smallest absolute Gasteiger partial charge is 0.119 e. The summed E-state index contributed by atoms with van der Waals surface area (Å²) in [6.07, 6.45) is 0. The van der Waals surface area contributed by atoms with Crippen molar-refractivity contribution in [3.8, 4) is 5.75 Å². The molecule has 12 heavy (non-hydrogen) atoms. The van der Waals surface area contributed by atoms with E-state index in [0.717, 1.165) is 21.2 Å². The van der Waals surface area contributed by atoms with Gasteiger partial charge >= 0.3 is 0 Å². The van der Waals surface area contributed by atoms with E-state index in [9.17, 15) is 0 Å². The lowest BCUT2D eigenvalue weighted by Crippen LogP contribution is -1.97. The molecular formula is C9H10I2O. The van der Waals surface area contributed by atoms with Crippen LogP contribution in [0.3, 0.4) is 0 Å². The second-order valence-corrected chi connectivity index (χ2v) is 4.16. The Kier molecular flexibility index (Phi) is 5.29. The Morgan fingerprint density at radius 2 is 1.75 bits per heavy atom. The predicted molar refractivity (Wildman–Crippen MR) is 68.5 cm³/mol. The fourth-order valence-electron chi connectivity index (χ4n) is 0.831. The highest BCUT2D eigenvalue weighted by atomic mass is 127. The number of halogens is 2. The van der Waals surface area contributed by atoms with E-state index in [2.05, 4.69) is 57.3 Å². The first-order valence-electron chi connectivity index (χ1n) is 3.70. The summed E-state index contributed by atoms with van der Waals surface area (Å²) in [6.45, 7) is 0.796. The van der Waals surface area contributed by atoms with Crippen molar-refractivity contribution < 1.29 is 4.74 Å². The van der Waals surface area contributed by atoms with E-state index in [1.165, 1.54) is 5.56 Å². The van der Waals surface area contributed by atoms with E-state index >= 15 is 0 Å². The molecule has 1 rings (SSSR count). The molecule has 1 aromatic rings. The SMILES string of the molecule is ICCOc1ccc(CI)cc1. The van der Waals surface area contributed by atoms with E-state index in [0.29, 0.717) is 0 Å². The Hall–Kier alpha value is 0.480. The summed E-state index contributed by atoms with van der Waals surface area (Å²) < 4.78 is 7.54. The van der Waals surface area contributed by atoms with Crippen molar-refractivity contribution >= 4 is 45.2 Å². The number of benzene rings is 1. The van der Waals surface area contributed by atoms with Crippen molar-refractivity contribution in [1.82, 2.24) is 0 Å². The van der Waals surface area contributed by atoms with Gasteiger partial charge in [-0.3, -0.25) is 0 Å². The van der Waals surface area contributed by atoms with Crippen molar-refractivity contribution in [3.63, 3.8) is 0 Å². The second kappa shape index (κ2) is 6.01. The molecule has 0 heterocycles. The molecule has 0 amide bonds. The van der Waals surface area contributed by atoms with Gasteiger partial charge in [0.1, 0.15) is 5.75 Å². The minimum Gasteiger partial charge on any atom is -0.493 e. The van der Waals surface area contributed by atoms with Gasteiger partial charge in [0.15, 0.2) is 0 Å². The third-order valence-electron chi connectivity index (χ3n) is 1.42. The minimum atomic E-state index is 0.796. The summed E-state index contributed by atoms with van der Waals surface area (Å²) >= 11 is 4.65. The molecule has 0 radical (unpaired) electrons. The van der Waals surface area contributed by atoms with Gasteiger partial charge in [0, 0.05) is 8.86 Å².